The van der Waals surface area contributed by atoms with Crippen molar-refractivity contribution in [3.63, 3.8) is 0 Å². The third-order valence-electron chi connectivity index (χ3n) is 5.13. The molecule has 1 heterocycles. The topological polar surface area (TPSA) is 66.6 Å². The Kier molecular flexibility index (Phi) is 3.71. The number of rotatable bonds is 1. The zero-order valence-electron chi connectivity index (χ0n) is 14.3. The summed E-state index contributed by atoms with van der Waals surface area (Å²) in [7, 11) is 1.77. The summed E-state index contributed by atoms with van der Waals surface area (Å²) in [5, 5.41) is 0. The molecule has 0 bridgehead atoms. The van der Waals surface area contributed by atoms with E-state index in [1.54, 1.807) is 29.0 Å². The van der Waals surface area contributed by atoms with Gasteiger partial charge in [0.1, 0.15) is 6.42 Å². The summed E-state index contributed by atoms with van der Waals surface area (Å²) >= 11 is 0. The molecule has 2 N–H and O–H groups in total. The highest BCUT2D eigenvalue weighted by Gasteiger charge is 2.33. The van der Waals surface area contributed by atoms with E-state index in [1.165, 1.54) is 17.5 Å². The highest BCUT2D eigenvalue weighted by atomic mass is 16.2. The lowest BCUT2D eigenvalue weighted by atomic mass is 9.89. The Morgan fingerprint density at radius 1 is 0.920 bits per heavy atom. The predicted molar refractivity (Wildman–Crippen MR) is 99.1 cm³/mol. The minimum absolute atomic E-state index is 0.135. The highest BCUT2D eigenvalue weighted by molar-refractivity contribution is 6.18. The monoisotopic (exact) mass is 335 g/mol. The van der Waals surface area contributed by atoms with Crippen molar-refractivity contribution in [3.8, 4) is 0 Å². The number of carbonyl (C=O) groups excluding carboxylic acids is 2. The van der Waals surface area contributed by atoms with E-state index in [1.807, 2.05) is 18.2 Å². The van der Waals surface area contributed by atoms with Crippen molar-refractivity contribution in [2.75, 3.05) is 22.6 Å². The molecule has 0 aromatic heterocycles. The molecule has 5 nitrogen and oxygen atoms in total. The molecular weight excluding hydrogens is 314 g/mol. The van der Waals surface area contributed by atoms with Crippen molar-refractivity contribution in [2.45, 2.75) is 32.1 Å². The summed E-state index contributed by atoms with van der Waals surface area (Å²) in [6.45, 7) is 0. The molecule has 25 heavy (non-hydrogen) atoms. The first-order valence-corrected chi connectivity index (χ1v) is 8.66. The number of anilines is 4. The van der Waals surface area contributed by atoms with Crippen molar-refractivity contribution in [1.29, 1.82) is 0 Å². The fourth-order valence-corrected chi connectivity index (χ4v) is 3.84. The van der Waals surface area contributed by atoms with Crippen LogP contribution in [0.4, 0.5) is 22.7 Å². The van der Waals surface area contributed by atoms with Gasteiger partial charge in [0.25, 0.3) is 0 Å². The van der Waals surface area contributed by atoms with Gasteiger partial charge in [-0.1, -0.05) is 6.07 Å². The number of hydrogen-bond acceptors (Lipinski definition) is 3. The van der Waals surface area contributed by atoms with Crippen molar-refractivity contribution in [1.82, 2.24) is 0 Å². The van der Waals surface area contributed by atoms with E-state index < -0.39 is 0 Å². The molecule has 2 amide bonds. The van der Waals surface area contributed by atoms with E-state index >= 15 is 0 Å². The van der Waals surface area contributed by atoms with E-state index in [0.717, 1.165) is 36.3 Å². The average Bonchev–Trinajstić information content (AvgIpc) is 2.71. The molecule has 1 aliphatic heterocycles. The third kappa shape index (κ3) is 2.56. The van der Waals surface area contributed by atoms with E-state index in [2.05, 4.69) is 6.07 Å². The van der Waals surface area contributed by atoms with Crippen LogP contribution < -0.4 is 15.5 Å². The molecule has 0 unspecified atom stereocenters. The summed E-state index contributed by atoms with van der Waals surface area (Å²) in [6.07, 6.45) is 4.12. The van der Waals surface area contributed by atoms with Gasteiger partial charge >= 0.3 is 0 Å². The van der Waals surface area contributed by atoms with E-state index in [4.69, 9.17) is 5.73 Å². The molecule has 0 atom stereocenters. The minimum atomic E-state index is -0.212. The Bertz CT molecular complexity index is 858. The Morgan fingerprint density at radius 3 is 2.40 bits per heavy atom. The Balaban J connectivity index is 1.95. The first-order chi connectivity index (χ1) is 12.1. The Labute approximate surface area is 147 Å². The SMILES string of the molecule is CN1C(=O)CC(=O)N(c2ccc(N)cc2)c2ccc3c(c21)CCCC3. The molecule has 4 rings (SSSR count). The molecule has 0 saturated carbocycles. The highest BCUT2D eigenvalue weighted by Crippen LogP contribution is 2.43. The lowest BCUT2D eigenvalue weighted by Crippen LogP contribution is -2.29. The van der Waals surface area contributed by atoms with Crippen LogP contribution in [0.1, 0.15) is 30.4 Å². The molecule has 1 aliphatic carbocycles. The second kappa shape index (κ2) is 5.92. The predicted octanol–water partition coefficient (Wildman–Crippen LogP) is 3.18. The zero-order valence-corrected chi connectivity index (χ0v) is 14.3. The van der Waals surface area contributed by atoms with Gasteiger partial charge in [0.2, 0.25) is 11.8 Å². The van der Waals surface area contributed by atoms with Gasteiger partial charge in [-0.05, 0) is 67.1 Å². The van der Waals surface area contributed by atoms with Crippen LogP contribution >= 0.6 is 0 Å². The van der Waals surface area contributed by atoms with Gasteiger partial charge in [-0.15, -0.1) is 0 Å². The number of carbonyl (C=O) groups is 2. The molecule has 2 aromatic rings. The maximum absolute atomic E-state index is 12.8. The van der Waals surface area contributed by atoms with Crippen molar-refractivity contribution >= 4 is 34.6 Å². The van der Waals surface area contributed by atoms with E-state index in [9.17, 15) is 9.59 Å². The zero-order chi connectivity index (χ0) is 17.6. The van der Waals surface area contributed by atoms with Crippen LogP contribution in [0.15, 0.2) is 36.4 Å². The summed E-state index contributed by atoms with van der Waals surface area (Å²) in [4.78, 5) is 28.7. The minimum Gasteiger partial charge on any atom is -0.399 e. The summed E-state index contributed by atoms with van der Waals surface area (Å²) in [5.74, 6) is -0.376. The van der Waals surface area contributed by atoms with Gasteiger partial charge in [-0.3, -0.25) is 14.5 Å². The second-order valence-corrected chi connectivity index (χ2v) is 6.73. The fraction of sp³-hybridized carbons (Fsp3) is 0.300. The maximum atomic E-state index is 12.8. The van der Waals surface area contributed by atoms with E-state index in [-0.39, 0.29) is 18.2 Å². The number of nitrogen functional groups attached to an aromatic ring is 1. The number of nitrogens with zero attached hydrogens (tertiary/aromatic N) is 2. The molecule has 0 radical (unpaired) electrons. The first kappa shape index (κ1) is 15.7. The molecule has 2 aromatic carbocycles. The first-order valence-electron chi connectivity index (χ1n) is 8.66. The third-order valence-corrected chi connectivity index (χ3v) is 5.13. The number of fused-ring (bicyclic) bond motifs is 3. The normalized spacial score (nSPS) is 17.2. The average molecular weight is 335 g/mol. The number of nitrogens with two attached hydrogens (primary N) is 1. The van der Waals surface area contributed by atoms with Gasteiger partial charge < -0.3 is 10.6 Å². The molecule has 5 heteroatoms. The molecule has 0 saturated heterocycles. The summed E-state index contributed by atoms with van der Waals surface area (Å²) < 4.78 is 0. The Morgan fingerprint density at radius 2 is 1.64 bits per heavy atom. The van der Waals surface area contributed by atoms with E-state index in [0.29, 0.717) is 5.69 Å². The van der Waals surface area contributed by atoms with Crippen molar-refractivity contribution in [3.05, 3.63) is 47.5 Å². The van der Waals surface area contributed by atoms with Gasteiger partial charge in [0.15, 0.2) is 0 Å². The lowest BCUT2D eigenvalue weighted by Gasteiger charge is -2.29. The molecular formula is C20H21N3O2. The Hall–Kier alpha value is -2.82. The number of benzene rings is 2. The standard InChI is InChI=1S/C20H21N3O2/c1-22-18(24)12-19(25)23(15-9-7-14(21)8-10-15)17-11-6-13-4-2-3-5-16(13)20(17)22/h6-11H,2-5,12,21H2,1H3. The van der Waals surface area contributed by atoms with Crippen molar-refractivity contribution < 1.29 is 9.59 Å². The van der Waals surface area contributed by atoms with Gasteiger partial charge in [-0.25, -0.2) is 0 Å². The van der Waals surface area contributed by atoms with Crippen LogP contribution in [0.3, 0.4) is 0 Å². The van der Waals surface area contributed by atoms with Crippen LogP contribution in [-0.4, -0.2) is 18.9 Å². The molecule has 0 spiro atoms. The van der Waals surface area contributed by atoms with Crippen molar-refractivity contribution in [2.24, 2.45) is 0 Å². The maximum Gasteiger partial charge on any atom is 0.241 e. The molecule has 2 aliphatic rings. The molecule has 0 fully saturated rings. The fourth-order valence-electron chi connectivity index (χ4n) is 3.84. The summed E-state index contributed by atoms with van der Waals surface area (Å²) in [6, 6.07) is 11.3. The number of aryl methyl sites for hydroxylation is 1. The smallest absolute Gasteiger partial charge is 0.241 e. The van der Waals surface area contributed by atoms with Crippen LogP contribution in [0.5, 0.6) is 0 Å². The van der Waals surface area contributed by atoms with Crippen LogP contribution in [0, 0.1) is 0 Å². The van der Waals surface area contributed by atoms with Gasteiger partial charge in [-0.2, -0.15) is 0 Å². The largest absolute Gasteiger partial charge is 0.399 e. The van der Waals surface area contributed by atoms with Crippen LogP contribution in [-0.2, 0) is 22.4 Å². The summed E-state index contributed by atoms with van der Waals surface area (Å²) in [5.41, 5.74) is 11.3. The van der Waals surface area contributed by atoms with Crippen LogP contribution in [0.25, 0.3) is 0 Å². The number of amides is 2. The van der Waals surface area contributed by atoms with Gasteiger partial charge in [0, 0.05) is 18.4 Å². The van der Waals surface area contributed by atoms with Gasteiger partial charge in [0.05, 0.1) is 11.4 Å². The lowest BCUT2D eigenvalue weighted by molar-refractivity contribution is -0.125. The van der Waals surface area contributed by atoms with Crippen LogP contribution in [0.2, 0.25) is 0 Å². The molecule has 128 valence electrons. The quantitative estimate of drug-likeness (QED) is 0.643. The second-order valence-electron chi connectivity index (χ2n) is 6.73. The number of hydrogen-bond donors (Lipinski definition) is 1.